The van der Waals surface area contributed by atoms with Crippen LogP contribution in [0, 0.1) is 0 Å². The first kappa shape index (κ1) is 18.9. The van der Waals surface area contributed by atoms with Crippen LogP contribution in [-0.2, 0) is 22.5 Å². The van der Waals surface area contributed by atoms with Crippen molar-refractivity contribution in [2.24, 2.45) is 0 Å². The predicted molar refractivity (Wildman–Crippen MR) is 103 cm³/mol. The summed E-state index contributed by atoms with van der Waals surface area (Å²) in [5, 5.41) is 0. The Balaban J connectivity index is 1.78. The van der Waals surface area contributed by atoms with Gasteiger partial charge in [-0.2, -0.15) is 0 Å². The highest BCUT2D eigenvalue weighted by Gasteiger charge is 2.34. The lowest BCUT2D eigenvalue weighted by atomic mass is 10.0. The van der Waals surface area contributed by atoms with Gasteiger partial charge in [0.05, 0.1) is 20.8 Å². The Morgan fingerprint density at radius 3 is 2.65 bits per heavy atom. The third-order valence-corrected chi connectivity index (χ3v) is 5.04. The van der Waals surface area contributed by atoms with Gasteiger partial charge in [0, 0.05) is 17.1 Å². The van der Waals surface area contributed by atoms with Crippen LogP contribution in [0.5, 0.6) is 11.5 Å². The molecule has 1 unspecified atom stereocenters. The molecule has 1 fully saturated rings. The Hall–Kier alpha value is -1.89. The zero-order chi connectivity index (χ0) is 18.5. The van der Waals surface area contributed by atoms with Gasteiger partial charge in [0.1, 0.15) is 0 Å². The average Bonchev–Trinajstić information content (AvgIpc) is 3.03. The Morgan fingerprint density at radius 2 is 1.96 bits per heavy atom. The molecule has 2 aromatic rings. The second kappa shape index (κ2) is 8.66. The zero-order valence-electron chi connectivity index (χ0n) is 14.9. The fourth-order valence-corrected chi connectivity index (χ4v) is 3.69. The number of halogens is 1. The van der Waals surface area contributed by atoms with Crippen LogP contribution in [0.1, 0.15) is 11.1 Å². The smallest absolute Gasteiger partial charge is 0.167 e. The van der Waals surface area contributed by atoms with E-state index in [2.05, 4.69) is 33.0 Å². The molecule has 0 N–H and O–H groups in total. The van der Waals surface area contributed by atoms with Gasteiger partial charge < -0.3 is 14.2 Å². The molecule has 2 atom stereocenters. The first-order chi connectivity index (χ1) is 12.6. The van der Waals surface area contributed by atoms with Crippen molar-refractivity contribution in [1.82, 2.24) is 4.90 Å². The summed E-state index contributed by atoms with van der Waals surface area (Å²) in [5.41, 5.74) is 2.25. The highest BCUT2D eigenvalue weighted by Crippen LogP contribution is 2.30. The lowest BCUT2D eigenvalue weighted by Gasteiger charge is -2.25. The molecular weight excluding hydrogens is 398 g/mol. The van der Waals surface area contributed by atoms with E-state index in [0.717, 1.165) is 28.3 Å². The Labute approximate surface area is 162 Å². The summed E-state index contributed by atoms with van der Waals surface area (Å²) in [6.45, 7) is 1.17. The third kappa shape index (κ3) is 4.26. The Bertz CT molecular complexity index is 767. The van der Waals surface area contributed by atoms with E-state index in [1.807, 2.05) is 30.3 Å². The summed E-state index contributed by atoms with van der Waals surface area (Å²) in [7, 11) is 3.25. The van der Waals surface area contributed by atoms with Gasteiger partial charge in [0.15, 0.2) is 24.0 Å². The maximum absolute atomic E-state index is 11.4. The van der Waals surface area contributed by atoms with Gasteiger partial charge in [0.2, 0.25) is 0 Å². The number of rotatable bonds is 7. The van der Waals surface area contributed by atoms with E-state index in [4.69, 9.17) is 14.2 Å². The molecule has 6 heteroatoms. The molecule has 0 saturated carbocycles. The summed E-state index contributed by atoms with van der Waals surface area (Å²) in [4.78, 5) is 13.5. The number of nitrogens with zero attached hydrogens (tertiary/aromatic N) is 1. The van der Waals surface area contributed by atoms with E-state index >= 15 is 0 Å². The number of carbonyl (C=O) groups is 1. The molecule has 0 bridgehead atoms. The van der Waals surface area contributed by atoms with E-state index in [9.17, 15) is 4.79 Å². The number of ether oxygens (including phenoxy) is 3. The van der Waals surface area contributed by atoms with Crippen LogP contribution >= 0.6 is 15.9 Å². The van der Waals surface area contributed by atoms with E-state index in [0.29, 0.717) is 24.7 Å². The summed E-state index contributed by atoms with van der Waals surface area (Å²) < 4.78 is 17.4. The summed E-state index contributed by atoms with van der Waals surface area (Å²) in [6, 6.07) is 14.1. The second-order valence-corrected chi connectivity index (χ2v) is 7.13. The minimum atomic E-state index is -0.515. The maximum Gasteiger partial charge on any atom is 0.167 e. The fourth-order valence-electron chi connectivity index (χ4n) is 3.25. The molecule has 5 nitrogen and oxygen atoms in total. The highest BCUT2D eigenvalue weighted by atomic mass is 79.9. The molecule has 1 saturated heterocycles. The first-order valence-electron chi connectivity index (χ1n) is 8.42. The van der Waals surface area contributed by atoms with Crippen molar-refractivity contribution in [3.63, 3.8) is 0 Å². The van der Waals surface area contributed by atoms with E-state index in [-0.39, 0.29) is 6.04 Å². The van der Waals surface area contributed by atoms with E-state index in [1.165, 1.54) is 0 Å². The zero-order valence-corrected chi connectivity index (χ0v) is 16.4. The third-order valence-electron chi connectivity index (χ3n) is 4.55. The monoisotopic (exact) mass is 419 g/mol. The number of benzene rings is 2. The number of hydrogen-bond acceptors (Lipinski definition) is 5. The van der Waals surface area contributed by atoms with Gasteiger partial charge in [-0.05, 0) is 41.8 Å². The lowest BCUT2D eigenvalue weighted by molar-refractivity contribution is -0.122. The lowest BCUT2D eigenvalue weighted by Crippen LogP contribution is -2.38. The minimum absolute atomic E-state index is 0.113. The van der Waals surface area contributed by atoms with Crippen LogP contribution in [0.4, 0.5) is 0 Å². The molecule has 0 aromatic heterocycles. The minimum Gasteiger partial charge on any atom is -0.493 e. The Morgan fingerprint density at radius 1 is 1.15 bits per heavy atom. The molecule has 0 spiro atoms. The SMILES string of the molecule is COc1ccc(C[C@H]2COC(C=O)N2Cc2cccc(Br)c2)cc1OC. The quantitative estimate of drug-likeness (QED) is 0.643. The maximum atomic E-state index is 11.4. The molecule has 1 heterocycles. The van der Waals surface area contributed by atoms with Gasteiger partial charge >= 0.3 is 0 Å². The van der Waals surface area contributed by atoms with Crippen molar-refractivity contribution in [3.8, 4) is 11.5 Å². The van der Waals surface area contributed by atoms with E-state index < -0.39 is 6.23 Å². The topological polar surface area (TPSA) is 48.0 Å². The number of carbonyl (C=O) groups excluding carboxylic acids is 1. The number of methoxy groups -OCH3 is 2. The van der Waals surface area contributed by atoms with Crippen molar-refractivity contribution in [1.29, 1.82) is 0 Å². The van der Waals surface area contributed by atoms with Gasteiger partial charge in [-0.25, -0.2) is 0 Å². The number of aldehydes is 1. The number of hydrogen-bond donors (Lipinski definition) is 0. The second-order valence-electron chi connectivity index (χ2n) is 6.21. The van der Waals surface area contributed by atoms with Crippen molar-refractivity contribution < 1.29 is 19.0 Å². The van der Waals surface area contributed by atoms with Crippen LogP contribution in [0.3, 0.4) is 0 Å². The summed E-state index contributed by atoms with van der Waals surface area (Å²) in [5.74, 6) is 1.41. The van der Waals surface area contributed by atoms with Crippen molar-refractivity contribution in [2.45, 2.75) is 25.2 Å². The highest BCUT2D eigenvalue weighted by molar-refractivity contribution is 9.10. The molecule has 1 aliphatic rings. The van der Waals surface area contributed by atoms with Crippen molar-refractivity contribution >= 4 is 22.2 Å². The van der Waals surface area contributed by atoms with Gasteiger partial charge in [-0.15, -0.1) is 0 Å². The van der Waals surface area contributed by atoms with Crippen molar-refractivity contribution in [2.75, 3.05) is 20.8 Å². The molecule has 26 heavy (non-hydrogen) atoms. The van der Waals surface area contributed by atoms with Crippen LogP contribution in [0.2, 0.25) is 0 Å². The van der Waals surface area contributed by atoms with Crippen molar-refractivity contribution in [3.05, 3.63) is 58.1 Å². The molecule has 0 radical (unpaired) electrons. The first-order valence-corrected chi connectivity index (χ1v) is 9.22. The predicted octanol–water partition coefficient (Wildman–Crippen LogP) is 3.43. The van der Waals surface area contributed by atoms with Crippen LogP contribution in [0.15, 0.2) is 46.9 Å². The molecule has 138 valence electrons. The molecule has 2 aromatic carbocycles. The normalized spacial score (nSPS) is 20.1. The van der Waals surface area contributed by atoms with Crippen LogP contribution in [0.25, 0.3) is 0 Å². The molecule has 1 aliphatic heterocycles. The summed E-state index contributed by atoms with van der Waals surface area (Å²) >= 11 is 3.50. The largest absolute Gasteiger partial charge is 0.493 e. The van der Waals surface area contributed by atoms with Gasteiger partial charge in [-0.1, -0.05) is 34.1 Å². The van der Waals surface area contributed by atoms with Gasteiger partial charge in [0.25, 0.3) is 0 Å². The standard InChI is InChI=1S/C20H22BrNO4/c1-24-18-7-6-14(10-19(18)25-2)9-17-13-26-20(12-23)22(17)11-15-4-3-5-16(21)8-15/h3-8,10,12,17,20H,9,11,13H2,1-2H3/t17-,20?/m0/s1. The van der Waals surface area contributed by atoms with Crippen LogP contribution < -0.4 is 9.47 Å². The van der Waals surface area contributed by atoms with E-state index in [1.54, 1.807) is 14.2 Å². The molecular formula is C20H22BrNO4. The fraction of sp³-hybridized carbons (Fsp3) is 0.350. The summed E-state index contributed by atoms with van der Waals surface area (Å²) in [6.07, 6.45) is 1.12. The average molecular weight is 420 g/mol. The molecule has 0 amide bonds. The Kier molecular flexibility index (Phi) is 6.29. The molecule has 3 rings (SSSR count). The van der Waals surface area contributed by atoms with Crippen LogP contribution in [-0.4, -0.2) is 44.3 Å². The molecule has 0 aliphatic carbocycles. The van der Waals surface area contributed by atoms with Gasteiger partial charge in [-0.3, -0.25) is 9.69 Å².